The molecule has 0 radical (unpaired) electrons. The summed E-state index contributed by atoms with van der Waals surface area (Å²) in [7, 11) is 1.99. The van der Waals surface area contributed by atoms with E-state index in [1.807, 2.05) is 13.4 Å². The Bertz CT molecular complexity index is 265. The molecule has 0 spiro atoms. The highest BCUT2D eigenvalue weighted by Gasteiger charge is 2.05. The first-order valence-corrected chi connectivity index (χ1v) is 4.78. The molecule has 0 amide bonds. The summed E-state index contributed by atoms with van der Waals surface area (Å²) in [6, 6.07) is 0. The lowest BCUT2D eigenvalue weighted by atomic mass is 10.2. The largest absolute Gasteiger partial charge is 0.334 e. The molecule has 13 heavy (non-hydrogen) atoms. The topological polar surface area (TPSA) is 29.9 Å². The highest BCUT2D eigenvalue weighted by atomic mass is 15.1. The Hall–Kier alpha value is -0.830. The van der Waals surface area contributed by atoms with E-state index in [9.17, 15) is 0 Å². The van der Waals surface area contributed by atoms with Gasteiger partial charge in [-0.15, -0.1) is 0 Å². The van der Waals surface area contributed by atoms with Gasteiger partial charge in [-0.2, -0.15) is 0 Å². The summed E-state index contributed by atoms with van der Waals surface area (Å²) in [6.45, 7) is 8.51. The third-order valence-corrected chi connectivity index (χ3v) is 2.41. The van der Waals surface area contributed by atoms with E-state index in [0.29, 0.717) is 5.92 Å². The first kappa shape index (κ1) is 10.3. The maximum absolute atomic E-state index is 4.27. The Morgan fingerprint density at radius 1 is 1.54 bits per heavy atom. The maximum atomic E-state index is 4.27. The molecular weight excluding hydrogens is 162 g/mol. The zero-order chi connectivity index (χ0) is 9.84. The molecule has 1 aromatic rings. The summed E-state index contributed by atoms with van der Waals surface area (Å²) in [4.78, 5) is 4.27. The smallest absolute Gasteiger partial charge is 0.0951 e. The Morgan fingerprint density at radius 3 is 2.69 bits per heavy atom. The standard InChI is InChI=1S/C10H19N3/c1-8(5-11-4)6-13-7-12-9(2)10(13)3/h7-8,11H,5-6H2,1-4H3. The van der Waals surface area contributed by atoms with Crippen molar-refractivity contribution in [3.05, 3.63) is 17.7 Å². The Labute approximate surface area is 80.2 Å². The van der Waals surface area contributed by atoms with Crippen molar-refractivity contribution in [2.45, 2.75) is 27.3 Å². The van der Waals surface area contributed by atoms with Crippen molar-refractivity contribution in [2.24, 2.45) is 5.92 Å². The van der Waals surface area contributed by atoms with Crippen molar-refractivity contribution >= 4 is 0 Å². The fourth-order valence-electron chi connectivity index (χ4n) is 1.48. The van der Waals surface area contributed by atoms with Gasteiger partial charge in [0.15, 0.2) is 0 Å². The Kier molecular flexibility index (Phi) is 3.48. The lowest BCUT2D eigenvalue weighted by molar-refractivity contribution is 0.457. The van der Waals surface area contributed by atoms with Gasteiger partial charge in [0.25, 0.3) is 0 Å². The maximum Gasteiger partial charge on any atom is 0.0951 e. The number of aromatic nitrogens is 2. The van der Waals surface area contributed by atoms with E-state index in [-0.39, 0.29) is 0 Å². The quantitative estimate of drug-likeness (QED) is 0.760. The zero-order valence-corrected chi connectivity index (χ0v) is 8.96. The molecule has 0 aliphatic carbocycles. The number of hydrogen-bond acceptors (Lipinski definition) is 2. The number of aryl methyl sites for hydroxylation is 1. The van der Waals surface area contributed by atoms with Gasteiger partial charge in [0.1, 0.15) is 0 Å². The first-order chi connectivity index (χ1) is 6.15. The molecule has 0 aliphatic rings. The number of imidazole rings is 1. The second kappa shape index (κ2) is 4.42. The van der Waals surface area contributed by atoms with E-state index in [0.717, 1.165) is 18.8 Å². The minimum absolute atomic E-state index is 0.650. The first-order valence-electron chi connectivity index (χ1n) is 4.78. The second-order valence-electron chi connectivity index (χ2n) is 3.73. The average molecular weight is 181 g/mol. The molecule has 1 rings (SSSR count). The van der Waals surface area contributed by atoms with Gasteiger partial charge >= 0.3 is 0 Å². The van der Waals surface area contributed by atoms with E-state index in [1.54, 1.807) is 0 Å². The van der Waals surface area contributed by atoms with Crippen LogP contribution >= 0.6 is 0 Å². The predicted molar refractivity (Wildman–Crippen MR) is 54.8 cm³/mol. The molecule has 0 aromatic carbocycles. The van der Waals surface area contributed by atoms with E-state index in [4.69, 9.17) is 0 Å². The third-order valence-electron chi connectivity index (χ3n) is 2.41. The van der Waals surface area contributed by atoms with Crippen LogP contribution in [0, 0.1) is 19.8 Å². The molecule has 0 fully saturated rings. The SMILES string of the molecule is CNCC(C)Cn1cnc(C)c1C. The van der Waals surface area contributed by atoms with Crippen molar-refractivity contribution in [3.8, 4) is 0 Å². The van der Waals surface area contributed by atoms with Crippen LogP contribution in [0.1, 0.15) is 18.3 Å². The van der Waals surface area contributed by atoms with Gasteiger partial charge in [-0.05, 0) is 33.4 Å². The summed E-state index contributed by atoms with van der Waals surface area (Å²) in [5, 5.41) is 3.18. The van der Waals surface area contributed by atoms with E-state index < -0.39 is 0 Å². The minimum atomic E-state index is 0.650. The van der Waals surface area contributed by atoms with Crippen LogP contribution in [0.5, 0.6) is 0 Å². The van der Waals surface area contributed by atoms with Gasteiger partial charge in [-0.3, -0.25) is 0 Å². The molecule has 1 heterocycles. The third kappa shape index (κ3) is 2.56. The van der Waals surface area contributed by atoms with Crippen LogP contribution in [0.15, 0.2) is 6.33 Å². The molecule has 1 N–H and O–H groups in total. The van der Waals surface area contributed by atoms with Crippen LogP contribution in [0.2, 0.25) is 0 Å². The molecule has 74 valence electrons. The van der Waals surface area contributed by atoms with Gasteiger partial charge in [-0.25, -0.2) is 4.98 Å². The lowest BCUT2D eigenvalue weighted by Crippen LogP contribution is -2.20. The van der Waals surface area contributed by atoms with Gasteiger partial charge in [0.2, 0.25) is 0 Å². The highest BCUT2D eigenvalue weighted by molar-refractivity contribution is 5.08. The normalized spacial score (nSPS) is 13.2. The fraction of sp³-hybridized carbons (Fsp3) is 0.700. The van der Waals surface area contributed by atoms with Crippen molar-refractivity contribution in [1.82, 2.24) is 14.9 Å². The molecule has 0 saturated heterocycles. The van der Waals surface area contributed by atoms with Crippen molar-refractivity contribution in [2.75, 3.05) is 13.6 Å². The molecule has 1 aromatic heterocycles. The summed E-state index contributed by atoms with van der Waals surface area (Å²) in [5.74, 6) is 0.650. The summed E-state index contributed by atoms with van der Waals surface area (Å²) in [5.41, 5.74) is 2.42. The van der Waals surface area contributed by atoms with Crippen molar-refractivity contribution in [1.29, 1.82) is 0 Å². The monoisotopic (exact) mass is 181 g/mol. The summed E-state index contributed by atoms with van der Waals surface area (Å²) >= 11 is 0. The number of hydrogen-bond donors (Lipinski definition) is 1. The molecule has 3 heteroatoms. The summed E-state index contributed by atoms with van der Waals surface area (Å²) < 4.78 is 2.22. The predicted octanol–water partition coefficient (Wildman–Crippen LogP) is 1.36. The van der Waals surface area contributed by atoms with Crippen molar-refractivity contribution < 1.29 is 0 Å². The molecular formula is C10H19N3. The highest BCUT2D eigenvalue weighted by Crippen LogP contribution is 2.07. The molecule has 1 atom stereocenters. The van der Waals surface area contributed by atoms with Crippen LogP contribution in [0.3, 0.4) is 0 Å². The van der Waals surface area contributed by atoms with Crippen LogP contribution in [-0.2, 0) is 6.54 Å². The molecule has 1 unspecified atom stereocenters. The van der Waals surface area contributed by atoms with Crippen LogP contribution in [-0.4, -0.2) is 23.1 Å². The van der Waals surface area contributed by atoms with Crippen LogP contribution in [0.25, 0.3) is 0 Å². The molecule has 0 bridgehead atoms. The van der Waals surface area contributed by atoms with E-state index in [2.05, 4.69) is 35.6 Å². The van der Waals surface area contributed by atoms with Gasteiger partial charge in [0.05, 0.1) is 12.0 Å². The molecule has 0 aliphatic heterocycles. The van der Waals surface area contributed by atoms with Crippen molar-refractivity contribution in [3.63, 3.8) is 0 Å². The van der Waals surface area contributed by atoms with E-state index in [1.165, 1.54) is 5.69 Å². The van der Waals surface area contributed by atoms with Crippen LogP contribution in [0.4, 0.5) is 0 Å². The van der Waals surface area contributed by atoms with Gasteiger partial charge in [-0.1, -0.05) is 6.92 Å². The lowest BCUT2D eigenvalue weighted by Gasteiger charge is -2.12. The molecule has 3 nitrogen and oxygen atoms in total. The molecule has 0 saturated carbocycles. The fourth-order valence-corrected chi connectivity index (χ4v) is 1.48. The number of nitrogens with zero attached hydrogens (tertiary/aromatic N) is 2. The Balaban J connectivity index is 2.58. The zero-order valence-electron chi connectivity index (χ0n) is 8.96. The van der Waals surface area contributed by atoms with Gasteiger partial charge < -0.3 is 9.88 Å². The van der Waals surface area contributed by atoms with E-state index >= 15 is 0 Å². The second-order valence-corrected chi connectivity index (χ2v) is 3.73. The average Bonchev–Trinajstić information content (AvgIpc) is 2.37. The number of nitrogens with one attached hydrogen (secondary N) is 1. The van der Waals surface area contributed by atoms with Crippen LogP contribution < -0.4 is 5.32 Å². The Morgan fingerprint density at radius 2 is 2.23 bits per heavy atom. The number of rotatable bonds is 4. The minimum Gasteiger partial charge on any atom is -0.334 e. The summed E-state index contributed by atoms with van der Waals surface area (Å²) in [6.07, 6.45) is 1.93. The van der Waals surface area contributed by atoms with Gasteiger partial charge in [0, 0.05) is 12.2 Å².